The van der Waals surface area contributed by atoms with Gasteiger partial charge in [0.05, 0.1) is 0 Å². The first-order chi connectivity index (χ1) is 12.0. The van der Waals surface area contributed by atoms with E-state index in [0.29, 0.717) is 0 Å². The number of nitriles is 2. The zero-order chi connectivity index (χ0) is 19.0. The van der Waals surface area contributed by atoms with Crippen LogP contribution in [0.3, 0.4) is 0 Å². The summed E-state index contributed by atoms with van der Waals surface area (Å²) in [5.74, 6) is 0. The monoisotopic (exact) mass is 367 g/mol. The Bertz CT molecular complexity index is 374. The van der Waals surface area contributed by atoms with Gasteiger partial charge in [-0.2, -0.15) is 0 Å². The molecule has 0 atom stereocenters. The van der Waals surface area contributed by atoms with Gasteiger partial charge in [0.25, 0.3) is 0 Å². The molecule has 0 aromatic carbocycles. The number of hydrogen-bond acceptors (Lipinski definition) is 3. The molecule has 0 fully saturated rings. The molecule has 25 heavy (non-hydrogen) atoms. The number of hydrogen-bond donors (Lipinski definition) is 0. The third-order valence-electron chi connectivity index (χ3n) is 5.77. The van der Waals surface area contributed by atoms with Crippen molar-refractivity contribution in [3.05, 3.63) is 0 Å². The van der Waals surface area contributed by atoms with Gasteiger partial charge in [-0.3, -0.25) is 0 Å². The number of nitrogens with zero attached hydrogens (tertiary/aromatic N) is 3. The third-order valence-corrected chi connectivity index (χ3v) is 12.0. The summed E-state index contributed by atoms with van der Waals surface area (Å²) >= 11 is 0. The Morgan fingerprint density at radius 2 is 0.920 bits per heavy atom. The molecule has 0 bridgehead atoms. The van der Waals surface area contributed by atoms with E-state index < -0.39 is 6.75 Å². The van der Waals surface area contributed by atoms with Crippen molar-refractivity contribution in [3.8, 4) is 12.4 Å². The van der Waals surface area contributed by atoms with Gasteiger partial charge < -0.3 is 0 Å². The van der Waals surface area contributed by atoms with E-state index in [-0.39, 0.29) is 0 Å². The fraction of sp³-hybridized carbons (Fsp3) is 0.905. The van der Waals surface area contributed by atoms with Crippen molar-refractivity contribution in [2.45, 2.75) is 97.8 Å². The first-order valence-electron chi connectivity index (χ1n) is 10.6. The average molecular weight is 368 g/mol. The Kier molecular flexibility index (Phi) is 13.0. The SMILES string of the molecule is CCCCCCP(C)(CCCCCC)(CCCCCC)N(C#N)C#N. The molecule has 0 aromatic rings. The summed E-state index contributed by atoms with van der Waals surface area (Å²) in [7, 11) is 0. The summed E-state index contributed by atoms with van der Waals surface area (Å²) in [5.41, 5.74) is 0. The quantitative estimate of drug-likeness (QED) is 0.127. The molecule has 0 heterocycles. The van der Waals surface area contributed by atoms with Crippen molar-refractivity contribution in [1.29, 1.82) is 10.5 Å². The average Bonchev–Trinajstić information content (AvgIpc) is 2.61. The Balaban J connectivity index is 5.29. The molecule has 0 aliphatic carbocycles. The molecule has 0 saturated heterocycles. The van der Waals surface area contributed by atoms with Gasteiger partial charge in [0.2, 0.25) is 0 Å². The summed E-state index contributed by atoms with van der Waals surface area (Å²) in [6.07, 6.45) is 22.5. The van der Waals surface area contributed by atoms with Gasteiger partial charge in [0.15, 0.2) is 0 Å². The molecular formula is C21H42N3P. The summed E-state index contributed by atoms with van der Waals surface area (Å²) in [6.45, 7) is 6.59. The minimum absolute atomic E-state index is 1.09. The minimum atomic E-state index is -2.46. The second-order valence-corrected chi connectivity index (χ2v) is 14.3. The molecule has 0 aromatic heterocycles. The van der Waals surface area contributed by atoms with E-state index in [1.165, 1.54) is 77.0 Å². The van der Waals surface area contributed by atoms with E-state index in [2.05, 4.69) is 39.8 Å². The van der Waals surface area contributed by atoms with Crippen LogP contribution >= 0.6 is 6.75 Å². The van der Waals surface area contributed by atoms with Crippen LogP contribution in [0.25, 0.3) is 0 Å². The van der Waals surface area contributed by atoms with Gasteiger partial charge in [-0.25, -0.2) is 0 Å². The van der Waals surface area contributed by atoms with Crippen LogP contribution in [0.4, 0.5) is 0 Å². The molecule has 0 aliphatic rings. The van der Waals surface area contributed by atoms with E-state index in [1.54, 1.807) is 4.67 Å². The van der Waals surface area contributed by atoms with Gasteiger partial charge in [0, 0.05) is 0 Å². The molecule has 0 spiro atoms. The second-order valence-electron chi connectivity index (χ2n) is 8.11. The molecule has 0 unspecified atom stereocenters. The molecule has 0 rings (SSSR count). The maximum atomic E-state index is 9.72. The molecule has 0 N–H and O–H groups in total. The fourth-order valence-corrected chi connectivity index (χ4v) is 9.12. The van der Waals surface area contributed by atoms with Crippen molar-refractivity contribution in [3.63, 3.8) is 0 Å². The van der Waals surface area contributed by atoms with Crippen molar-refractivity contribution in [2.24, 2.45) is 0 Å². The topological polar surface area (TPSA) is 50.8 Å². The predicted octanol–water partition coefficient (Wildman–Crippen LogP) is 7.09. The fourth-order valence-electron chi connectivity index (χ4n) is 3.91. The van der Waals surface area contributed by atoms with Crippen molar-refractivity contribution in [2.75, 3.05) is 25.2 Å². The normalized spacial score (nSPS) is 12.8. The molecular weight excluding hydrogens is 325 g/mol. The molecule has 0 amide bonds. The van der Waals surface area contributed by atoms with Crippen molar-refractivity contribution in [1.82, 2.24) is 4.67 Å². The van der Waals surface area contributed by atoms with E-state index in [9.17, 15) is 10.5 Å². The van der Waals surface area contributed by atoms with E-state index >= 15 is 0 Å². The number of rotatable bonds is 16. The summed E-state index contributed by atoms with van der Waals surface area (Å²) in [5, 5.41) is 19.4. The van der Waals surface area contributed by atoms with Crippen LogP contribution in [0, 0.1) is 22.9 Å². The summed E-state index contributed by atoms with van der Waals surface area (Å²) in [4.78, 5) is 0. The van der Waals surface area contributed by atoms with Crippen LogP contribution in [0.1, 0.15) is 97.8 Å². The summed E-state index contributed by atoms with van der Waals surface area (Å²) in [6, 6.07) is 0. The van der Waals surface area contributed by atoms with E-state index in [0.717, 1.165) is 18.5 Å². The molecule has 0 saturated carbocycles. The molecule has 4 heteroatoms. The molecule has 146 valence electrons. The number of unbranched alkanes of at least 4 members (excludes halogenated alkanes) is 9. The van der Waals surface area contributed by atoms with Gasteiger partial charge in [-0.05, 0) is 0 Å². The van der Waals surface area contributed by atoms with Gasteiger partial charge in [0.1, 0.15) is 0 Å². The van der Waals surface area contributed by atoms with Crippen LogP contribution in [0.5, 0.6) is 0 Å². The van der Waals surface area contributed by atoms with Crippen LogP contribution in [0.15, 0.2) is 0 Å². The zero-order valence-corrected chi connectivity index (χ0v) is 18.3. The second kappa shape index (κ2) is 13.4. The Morgan fingerprint density at radius 1 is 0.600 bits per heavy atom. The Labute approximate surface area is 157 Å². The first-order valence-corrected chi connectivity index (χ1v) is 13.8. The Morgan fingerprint density at radius 3 is 1.16 bits per heavy atom. The van der Waals surface area contributed by atoms with Crippen molar-refractivity contribution < 1.29 is 0 Å². The maximum absolute atomic E-state index is 9.72. The van der Waals surface area contributed by atoms with E-state index in [1.807, 2.05) is 0 Å². The Hall–Kier alpha value is -0.790. The van der Waals surface area contributed by atoms with Crippen molar-refractivity contribution >= 4 is 6.75 Å². The third kappa shape index (κ3) is 8.42. The van der Waals surface area contributed by atoms with Crippen LogP contribution in [-0.2, 0) is 0 Å². The standard InChI is InChI=1S/C21H42N3P/c1-5-8-11-14-17-25(4,24(20-22)21-23,18-15-12-9-6-2)19-16-13-10-7-3/h5-19H2,1-4H3. The predicted molar refractivity (Wildman–Crippen MR) is 113 cm³/mol. The van der Waals surface area contributed by atoms with Gasteiger partial charge in [-0.15, -0.1) is 0 Å². The van der Waals surface area contributed by atoms with Crippen LogP contribution in [-0.4, -0.2) is 29.8 Å². The molecule has 0 aliphatic heterocycles. The van der Waals surface area contributed by atoms with E-state index in [4.69, 9.17) is 0 Å². The van der Waals surface area contributed by atoms with Crippen LogP contribution < -0.4 is 0 Å². The molecule has 0 radical (unpaired) electrons. The van der Waals surface area contributed by atoms with Crippen LogP contribution in [0.2, 0.25) is 0 Å². The molecule has 3 nitrogen and oxygen atoms in total. The zero-order valence-electron chi connectivity index (χ0n) is 17.4. The first kappa shape index (κ1) is 24.2. The van der Waals surface area contributed by atoms with Gasteiger partial charge in [-0.1, -0.05) is 0 Å². The van der Waals surface area contributed by atoms with Gasteiger partial charge >= 0.3 is 157 Å². The summed E-state index contributed by atoms with van der Waals surface area (Å²) < 4.78 is 1.59.